The number of hydrogen-bond donors (Lipinski definition) is 0. The van der Waals surface area contributed by atoms with Gasteiger partial charge in [-0.15, -0.1) is 0 Å². The van der Waals surface area contributed by atoms with Gasteiger partial charge in [0, 0.05) is 0 Å². The van der Waals surface area contributed by atoms with E-state index < -0.39 is 0 Å². The van der Waals surface area contributed by atoms with Crippen LogP contribution in [-0.2, 0) is 4.74 Å². The molecule has 0 N–H and O–H groups in total. The van der Waals surface area contributed by atoms with E-state index in [1.54, 1.807) is 0 Å². The maximum absolute atomic E-state index is 6.33. The van der Waals surface area contributed by atoms with Crippen LogP contribution in [0, 0.1) is 28.1 Å². The zero-order valence-corrected chi connectivity index (χ0v) is 14.8. The smallest absolute Gasteiger partial charge is 0.0613 e. The summed E-state index contributed by atoms with van der Waals surface area (Å²) in [6.45, 7) is 22.1. The summed E-state index contributed by atoms with van der Waals surface area (Å²) in [4.78, 5) is 0. The highest BCUT2D eigenvalue weighted by atomic mass is 16.5. The van der Waals surface area contributed by atoms with E-state index in [0.29, 0.717) is 34.2 Å². The quantitative estimate of drug-likeness (QED) is 0.607. The molecular weight excluding hydrogens is 232 g/mol. The van der Waals surface area contributed by atoms with Crippen molar-refractivity contribution < 1.29 is 4.74 Å². The van der Waals surface area contributed by atoms with Gasteiger partial charge in [-0.3, -0.25) is 0 Å². The minimum absolute atomic E-state index is 0.333. The average Bonchev–Trinajstić information content (AvgIpc) is 2.11. The van der Waals surface area contributed by atoms with Gasteiger partial charge in [0.25, 0.3) is 0 Å². The van der Waals surface area contributed by atoms with Crippen LogP contribution in [0.1, 0.15) is 75.2 Å². The topological polar surface area (TPSA) is 9.23 Å². The van der Waals surface area contributed by atoms with Crippen molar-refractivity contribution in [2.75, 3.05) is 6.61 Å². The van der Waals surface area contributed by atoms with Crippen LogP contribution in [0.2, 0.25) is 0 Å². The first kappa shape index (κ1) is 17.0. The molecule has 1 aliphatic heterocycles. The first-order valence-corrected chi connectivity index (χ1v) is 7.92. The largest absolute Gasteiger partial charge is 0.378 e. The van der Waals surface area contributed by atoms with E-state index in [1.165, 1.54) is 12.8 Å². The zero-order chi connectivity index (χ0) is 15.1. The lowest BCUT2D eigenvalue weighted by atomic mass is 9.64. The molecule has 1 rings (SSSR count). The summed E-state index contributed by atoms with van der Waals surface area (Å²) in [7, 11) is 0. The maximum Gasteiger partial charge on any atom is 0.0613 e. The predicted octanol–water partition coefficient (Wildman–Crippen LogP) is 5.54. The SMILES string of the molecule is CC(C)(C)C[C@H]1OC[C@@H](C(C)(C)C)C[C@H]1C(C)(C)C. The summed E-state index contributed by atoms with van der Waals surface area (Å²) in [6.07, 6.45) is 2.91. The normalized spacial score (nSPS) is 30.5. The fraction of sp³-hybridized carbons (Fsp3) is 1.00. The predicted molar refractivity (Wildman–Crippen MR) is 84.3 cm³/mol. The molecule has 114 valence electrons. The highest BCUT2D eigenvalue weighted by Gasteiger charge is 2.42. The van der Waals surface area contributed by atoms with Gasteiger partial charge in [0.2, 0.25) is 0 Å². The van der Waals surface area contributed by atoms with Gasteiger partial charge in [0.15, 0.2) is 0 Å². The van der Waals surface area contributed by atoms with Gasteiger partial charge in [0.05, 0.1) is 12.7 Å². The Kier molecular flexibility index (Phi) is 4.83. The molecule has 0 spiro atoms. The lowest BCUT2D eigenvalue weighted by molar-refractivity contribution is -0.123. The van der Waals surface area contributed by atoms with Gasteiger partial charge >= 0.3 is 0 Å². The van der Waals surface area contributed by atoms with Crippen LogP contribution in [-0.4, -0.2) is 12.7 Å². The second-order valence-corrected chi connectivity index (χ2v) is 9.91. The van der Waals surface area contributed by atoms with Gasteiger partial charge in [0.1, 0.15) is 0 Å². The standard InChI is InChI=1S/C18H36O/c1-16(2,3)11-15-14(18(7,8)9)10-13(12-19-15)17(4,5)6/h13-15H,10-12H2,1-9H3/t13-,14+,15+/m0/s1. The van der Waals surface area contributed by atoms with Crippen LogP contribution in [0.25, 0.3) is 0 Å². The molecule has 0 aromatic carbocycles. The van der Waals surface area contributed by atoms with E-state index in [-0.39, 0.29) is 0 Å². The van der Waals surface area contributed by atoms with E-state index in [4.69, 9.17) is 4.74 Å². The molecule has 1 nitrogen and oxygen atoms in total. The highest BCUT2D eigenvalue weighted by Crippen LogP contribution is 2.46. The summed E-state index contributed by atoms with van der Waals surface area (Å²) in [6, 6.07) is 0. The van der Waals surface area contributed by atoms with E-state index in [0.717, 1.165) is 6.61 Å². The van der Waals surface area contributed by atoms with Crippen molar-refractivity contribution in [2.24, 2.45) is 28.1 Å². The molecule has 0 bridgehead atoms. The molecule has 0 radical (unpaired) electrons. The van der Waals surface area contributed by atoms with Crippen molar-refractivity contribution in [3.63, 3.8) is 0 Å². The van der Waals surface area contributed by atoms with E-state index in [9.17, 15) is 0 Å². The Labute approximate surface area is 121 Å². The van der Waals surface area contributed by atoms with Gasteiger partial charge in [-0.25, -0.2) is 0 Å². The van der Waals surface area contributed by atoms with Crippen LogP contribution in [0.3, 0.4) is 0 Å². The van der Waals surface area contributed by atoms with E-state index >= 15 is 0 Å². The summed E-state index contributed by atoms with van der Waals surface area (Å²) in [5.41, 5.74) is 1.04. The molecule has 1 saturated heterocycles. The first-order valence-electron chi connectivity index (χ1n) is 7.92. The van der Waals surface area contributed by atoms with Crippen molar-refractivity contribution in [3.8, 4) is 0 Å². The van der Waals surface area contributed by atoms with Crippen LogP contribution in [0.5, 0.6) is 0 Å². The summed E-state index contributed by atoms with van der Waals surface area (Å²) in [5.74, 6) is 1.36. The van der Waals surface area contributed by atoms with Crippen molar-refractivity contribution in [1.82, 2.24) is 0 Å². The molecule has 0 unspecified atom stereocenters. The zero-order valence-electron chi connectivity index (χ0n) is 14.8. The summed E-state index contributed by atoms with van der Waals surface area (Å²) < 4.78 is 6.33. The van der Waals surface area contributed by atoms with Crippen LogP contribution in [0.4, 0.5) is 0 Å². The van der Waals surface area contributed by atoms with Crippen LogP contribution < -0.4 is 0 Å². The third-order valence-corrected chi connectivity index (χ3v) is 4.65. The molecule has 0 aliphatic carbocycles. The molecule has 0 aromatic rings. The van der Waals surface area contributed by atoms with Gasteiger partial charge in [-0.1, -0.05) is 62.3 Å². The Morgan fingerprint density at radius 2 is 1.37 bits per heavy atom. The van der Waals surface area contributed by atoms with Gasteiger partial charge in [-0.2, -0.15) is 0 Å². The average molecular weight is 268 g/mol. The Balaban J connectivity index is 2.85. The minimum Gasteiger partial charge on any atom is -0.378 e. The Bertz CT molecular complexity index is 284. The molecule has 1 heteroatoms. The molecule has 0 saturated carbocycles. The van der Waals surface area contributed by atoms with Crippen molar-refractivity contribution in [1.29, 1.82) is 0 Å². The van der Waals surface area contributed by atoms with Gasteiger partial charge in [-0.05, 0) is 40.9 Å². The van der Waals surface area contributed by atoms with Gasteiger partial charge < -0.3 is 4.74 Å². The monoisotopic (exact) mass is 268 g/mol. The third kappa shape index (κ3) is 5.10. The third-order valence-electron chi connectivity index (χ3n) is 4.65. The molecular formula is C18H36O. The second-order valence-electron chi connectivity index (χ2n) is 9.91. The molecule has 0 aromatic heterocycles. The lowest BCUT2D eigenvalue weighted by Crippen LogP contribution is -2.45. The number of ether oxygens (including phenoxy) is 1. The fourth-order valence-corrected chi connectivity index (χ4v) is 3.20. The highest BCUT2D eigenvalue weighted by molar-refractivity contribution is 4.91. The molecule has 0 amide bonds. The number of rotatable bonds is 1. The fourth-order valence-electron chi connectivity index (χ4n) is 3.20. The second kappa shape index (κ2) is 5.39. The number of hydrogen-bond acceptors (Lipinski definition) is 1. The summed E-state index contributed by atoms with van der Waals surface area (Å²) in [5, 5.41) is 0. The Morgan fingerprint density at radius 1 is 0.842 bits per heavy atom. The van der Waals surface area contributed by atoms with E-state index in [1.807, 2.05) is 0 Å². The van der Waals surface area contributed by atoms with Crippen molar-refractivity contribution >= 4 is 0 Å². The minimum atomic E-state index is 0.333. The molecule has 19 heavy (non-hydrogen) atoms. The molecule has 1 heterocycles. The van der Waals surface area contributed by atoms with Crippen molar-refractivity contribution in [3.05, 3.63) is 0 Å². The Hall–Kier alpha value is -0.0400. The molecule has 1 fully saturated rings. The van der Waals surface area contributed by atoms with Crippen LogP contribution >= 0.6 is 0 Å². The molecule has 3 atom stereocenters. The van der Waals surface area contributed by atoms with Crippen molar-refractivity contribution in [2.45, 2.75) is 81.3 Å². The first-order chi connectivity index (χ1) is 8.31. The van der Waals surface area contributed by atoms with Crippen LogP contribution in [0.15, 0.2) is 0 Å². The maximum atomic E-state index is 6.33. The lowest BCUT2D eigenvalue weighted by Gasteiger charge is -2.48. The van der Waals surface area contributed by atoms with E-state index in [2.05, 4.69) is 62.3 Å². The summed E-state index contributed by atoms with van der Waals surface area (Å²) >= 11 is 0. The molecule has 1 aliphatic rings. The Morgan fingerprint density at radius 3 is 1.74 bits per heavy atom.